The van der Waals surface area contributed by atoms with Crippen LogP contribution in [-0.2, 0) is 17.8 Å². The topological polar surface area (TPSA) is 81.1 Å². The fourth-order valence-corrected chi connectivity index (χ4v) is 7.95. The van der Waals surface area contributed by atoms with Gasteiger partial charge < -0.3 is 24.8 Å². The van der Waals surface area contributed by atoms with Crippen molar-refractivity contribution in [3.8, 4) is 16.9 Å². The summed E-state index contributed by atoms with van der Waals surface area (Å²) in [5.41, 5.74) is 8.25. The Balaban J connectivity index is 1.19. The van der Waals surface area contributed by atoms with Crippen molar-refractivity contribution in [3.05, 3.63) is 144 Å². The summed E-state index contributed by atoms with van der Waals surface area (Å²) < 4.78 is 2.24. The number of piperidine rings is 1. The Kier molecular flexibility index (Phi) is 11.1. The SMILES string of the molecule is Cc1cc(C(=O)N2CCN(Cc3ccccc3)C[C@H]2Cc2ccccc2)c(-c2ccccc2)n1-c1cccc(N2CCC(C(=O)NCCO)CC2)c1. The highest BCUT2D eigenvalue weighted by molar-refractivity contribution is 6.01. The molecule has 268 valence electrons. The van der Waals surface area contributed by atoms with Crippen molar-refractivity contribution in [2.24, 2.45) is 5.92 Å². The van der Waals surface area contributed by atoms with Gasteiger partial charge in [0.15, 0.2) is 0 Å². The fourth-order valence-electron chi connectivity index (χ4n) is 7.95. The number of benzene rings is 4. The minimum absolute atomic E-state index is 0.0246. The summed E-state index contributed by atoms with van der Waals surface area (Å²) in [5.74, 6) is 0.0549. The number of hydrogen-bond acceptors (Lipinski definition) is 5. The average molecular weight is 696 g/mol. The molecule has 2 aliphatic rings. The molecule has 5 aromatic rings. The number of nitrogens with one attached hydrogen (secondary N) is 1. The van der Waals surface area contributed by atoms with Crippen molar-refractivity contribution in [3.63, 3.8) is 0 Å². The third kappa shape index (κ3) is 7.98. The minimum Gasteiger partial charge on any atom is -0.395 e. The number of aliphatic hydroxyl groups is 1. The monoisotopic (exact) mass is 695 g/mol. The summed E-state index contributed by atoms with van der Waals surface area (Å²) in [6.45, 7) is 7.03. The second-order valence-corrected chi connectivity index (χ2v) is 14.1. The number of carbonyl (C=O) groups excluding carboxylic acids is 2. The van der Waals surface area contributed by atoms with Crippen LogP contribution in [0, 0.1) is 12.8 Å². The van der Waals surface area contributed by atoms with Crippen molar-refractivity contribution in [2.45, 2.75) is 38.8 Å². The van der Waals surface area contributed by atoms with Gasteiger partial charge in [0.05, 0.1) is 17.9 Å². The first-order chi connectivity index (χ1) is 25.5. The summed E-state index contributed by atoms with van der Waals surface area (Å²) in [6.07, 6.45) is 2.32. The lowest BCUT2D eigenvalue weighted by Gasteiger charge is -2.42. The van der Waals surface area contributed by atoms with E-state index in [0.717, 1.165) is 85.9 Å². The zero-order valence-corrected chi connectivity index (χ0v) is 30.0. The largest absolute Gasteiger partial charge is 0.395 e. The van der Waals surface area contributed by atoms with E-state index in [9.17, 15) is 9.59 Å². The van der Waals surface area contributed by atoms with Crippen molar-refractivity contribution in [1.29, 1.82) is 0 Å². The van der Waals surface area contributed by atoms with E-state index in [-0.39, 0.29) is 30.4 Å². The van der Waals surface area contributed by atoms with E-state index in [1.165, 1.54) is 11.1 Å². The molecule has 52 heavy (non-hydrogen) atoms. The molecular weight excluding hydrogens is 647 g/mol. The molecule has 0 radical (unpaired) electrons. The second-order valence-electron chi connectivity index (χ2n) is 14.1. The molecule has 8 heteroatoms. The maximum atomic E-state index is 15.0. The van der Waals surface area contributed by atoms with E-state index in [1.807, 2.05) is 24.3 Å². The summed E-state index contributed by atoms with van der Waals surface area (Å²) in [7, 11) is 0. The van der Waals surface area contributed by atoms with Gasteiger partial charge >= 0.3 is 0 Å². The molecule has 0 spiro atoms. The first-order valence-corrected chi connectivity index (χ1v) is 18.6. The molecule has 8 nitrogen and oxygen atoms in total. The molecule has 2 N–H and O–H groups in total. The second kappa shape index (κ2) is 16.4. The van der Waals surface area contributed by atoms with Crippen LogP contribution in [0.1, 0.15) is 40.0 Å². The number of hydrogen-bond donors (Lipinski definition) is 2. The van der Waals surface area contributed by atoms with E-state index >= 15 is 0 Å². The molecule has 1 atom stereocenters. The van der Waals surface area contributed by atoms with Crippen molar-refractivity contribution in [2.75, 3.05) is 50.8 Å². The van der Waals surface area contributed by atoms with Crippen molar-refractivity contribution < 1.29 is 14.7 Å². The quantitative estimate of drug-likeness (QED) is 0.169. The number of aliphatic hydroxyl groups excluding tert-OH is 1. The van der Waals surface area contributed by atoms with Crippen LogP contribution in [-0.4, -0.2) is 83.2 Å². The van der Waals surface area contributed by atoms with E-state index in [1.54, 1.807) is 0 Å². The molecule has 4 aromatic carbocycles. The Labute approximate surface area is 307 Å². The van der Waals surface area contributed by atoms with Gasteiger partial charge in [-0.15, -0.1) is 0 Å². The van der Waals surface area contributed by atoms with Gasteiger partial charge in [-0.25, -0.2) is 0 Å². The number of aromatic nitrogens is 1. The van der Waals surface area contributed by atoms with Crippen LogP contribution in [0.5, 0.6) is 0 Å². The zero-order valence-electron chi connectivity index (χ0n) is 30.0. The first kappa shape index (κ1) is 35.2. The van der Waals surface area contributed by atoms with Crippen LogP contribution in [0.25, 0.3) is 16.9 Å². The number of rotatable bonds is 11. The highest BCUT2D eigenvalue weighted by Gasteiger charge is 2.34. The molecule has 0 saturated carbocycles. The number of anilines is 1. The number of piperazine rings is 1. The van der Waals surface area contributed by atoms with Gasteiger partial charge in [-0.3, -0.25) is 14.5 Å². The van der Waals surface area contributed by atoms with Gasteiger partial charge in [0.1, 0.15) is 0 Å². The molecule has 2 fully saturated rings. The van der Waals surface area contributed by atoms with Crippen LogP contribution >= 0.6 is 0 Å². The van der Waals surface area contributed by atoms with Crippen LogP contribution in [0.3, 0.4) is 0 Å². The Morgan fingerprint density at radius 2 is 1.40 bits per heavy atom. The fraction of sp³-hybridized carbons (Fsp3) is 0.318. The molecule has 2 amide bonds. The number of amides is 2. The van der Waals surface area contributed by atoms with Gasteiger partial charge in [0.2, 0.25) is 5.91 Å². The molecule has 0 aliphatic carbocycles. The van der Waals surface area contributed by atoms with Gasteiger partial charge in [0.25, 0.3) is 5.91 Å². The van der Waals surface area contributed by atoms with Crippen LogP contribution in [0.2, 0.25) is 0 Å². The minimum atomic E-state index is -0.0475. The molecule has 2 aliphatic heterocycles. The Bertz CT molecular complexity index is 1940. The predicted molar refractivity (Wildman–Crippen MR) is 208 cm³/mol. The van der Waals surface area contributed by atoms with E-state index in [4.69, 9.17) is 5.11 Å². The van der Waals surface area contributed by atoms with Crippen molar-refractivity contribution in [1.82, 2.24) is 19.7 Å². The smallest absolute Gasteiger partial charge is 0.256 e. The first-order valence-electron chi connectivity index (χ1n) is 18.6. The summed E-state index contributed by atoms with van der Waals surface area (Å²) >= 11 is 0. The van der Waals surface area contributed by atoms with Crippen LogP contribution in [0.15, 0.2) is 121 Å². The lowest BCUT2D eigenvalue weighted by atomic mass is 9.95. The molecule has 0 unspecified atom stereocenters. The Hall–Kier alpha value is -5.18. The lowest BCUT2D eigenvalue weighted by Crippen LogP contribution is -2.55. The van der Waals surface area contributed by atoms with Crippen molar-refractivity contribution >= 4 is 17.5 Å². The zero-order chi connectivity index (χ0) is 35.9. The van der Waals surface area contributed by atoms with E-state index < -0.39 is 0 Å². The molecular formula is C44H49N5O3. The molecule has 3 heterocycles. The number of aryl methyl sites for hydroxylation is 1. The van der Waals surface area contributed by atoms with Gasteiger partial charge in [-0.05, 0) is 67.1 Å². The molecule has 1 aromatic heterocycles. The Morgan fingerprint density at radius 1 is 0.750 bits per heavy atom. The number of carbonyl (C=O) groups is 2. The van der Waals surface area contributed by atoms with Gasteiger partial charge in [-0.1, -0.05) is 97.1 Å². The molecule has 7 rings (SSSR count). The third-order valence-electron chi connectivity index (χ3n) is 10.6. The van der Waals surface area contributed by atoms with Crippen LogP contribution in [0.4, 0.5) is 5.69 Å². The standard InChI is InChI=1S/C44H49N5O3/c1-33-28-41(44(52)48-26-25-46(31-35-14-7-3-8-15-35)32-40(48)29-34-12-5-2-6-13-34)42(36-16-9-4-10-17-36)49(33)39-19-11-18-38(30-39)47-23-20-37(21-24-47)43(51)45-22-27-50/h2-19,28,30,37,40,50H,20-27,29,31-32H2,1H3,(H,45,51)/t40-/m1/s1. The maximum absolute atomic E-state index is 15.0. The highest BCUT2D eigenvalue weighted by Crippen LogP contribution is 2.35. The molecule has 0 bridgehead atoms. The average Bonchev–Trinajstić information content (AvgIpc) is 3.55. The van der Waals surface area contributed by atoms with Gasteiger partial charge in [0, 0.05) is 74.8 Å². The third-order valence-corrected chi connectivity index (χ3v) is 10.6. The Morgan fingerprint density at radius 3 is 2.10 bits per heavy atom. The summed E-state index contributed by atoms with van der Waals surface area (Å²) in [4.78, 5) is 34.5. The predicted octanol–water partition coefficient (Wildman–Crippen LogP) is 6.35. The van der Waals surface area contributed by atoms with Crippen LogP contribution < -0.4 is 10.2 Å². The highest BCUT2D eigenvalue weighted by atomic mass is 16.3. The number of nitrogens with zero attached hydrogens (tertiary/aromatic N) is 4. The lowest BCUT2D eigenvalue weighted by molar-refractivity contribution is -0.125. The summed E-state index contributed by atoms with van der Waals surface area (Å²) in [6, 6.07) is 42.0. The normalized spacial score (nSPS) is 16.9. The molecule has 2 saturated heterocycles. The maximum Gasteiger partial charge on any atom is 0.256 e. The van der Waals surface area contributed by atoms with E-state index in [0.29, 0.717) is 13.1 Å². The van der Waals surface area contributed by atoms with Gasteiger partial charge in [-0.2, -0.15) is 0 Å². The summed E-state index contributed by atoms with van der Waals surface area (Å²) in [5, 5.41) is 11.9. The van der Waals surface area contributed by atoms with E-state index in [2.05, 4.69) is 129 Å².